The van der Waals surface area contributed by atoms with Crippen molar-refractivity contribution < 1.29 is 28.3 Å². The number of piperazine rings is 1. The van der Waals surface area contributed by atoms with Crippen LogP contribution < -0.4 is 26.0 Å². The van der Waals surface area contributed by atoms with Crippen LogP contribution in [-0.2, 0) is 34.0 Å². The second-order valence-electron chi connectivity index (χ2n) is 16.7. The minimum Gasteiger partial charge on any atom is -0.381 e. The molecule has 1 atom stereocenters. The quantitative estimate of drug-likeness (QED) is 0.175. The molecule has 0 saturated carbocycles. The van der Waals surface area contributed by atoms with Crippen LogP contribution in [0.25, 0.3) is 11.1 Å². The van der Waals surface area contributed by atoms with E-state index in [9.17, 15) is 24.0 Å². The van der Waals surface area contributed by atoms with E-state index in [2.05, 4.69) is 67.6 Å². The molecule has 1 unspecified atom stereocenters. The van der Waals surface area contributed by atoms with Crippen LogP contribution in [0.2, 0.25) is 0 Å². The maximum atomic E-state index is 15.4. The predicted octanol–water partition coefficient (Wildman–Crippen LogP) is 5.12. The highest BCUT2D eigenvalue weighted by Crippen LogP contribution is 2.35. The summed E-state index contributed by atoms with van der Waals surface area (Å²) >= 11 is 0. The normalized spacial score (nSPS) is 18.6. The third-order valence-electron chi connectivity index (χ3n) is 12.8. The number of hydrogen-bond donors (Lipinski definition) is 3. The van der Waals surface area contributed by atoms with E-state index >= 15 is 4.39 Å². The number of piperidine rings is 1. The van der Waals surface area contributed by atoms with Gasteiger partial charge in [0.25, 0.3) is 17.4 Å². The number of anilines is 2. The van der Waals surface area contributed by atoms with Gasteiger partial charge in [-0.05, 0) is 117 Å². The molecule has 13 nitrogen and oxygen atoms in total. The van der Waals surface area contributed by atoms with Gasteiger partial charge in [0, 0.05) is 106 Å². The van der Waals surface area contributed by atoms with E-state index in [4.69, 9.17) is 4.74 Å². The summed E-state index contributed by atoms with van der Waals surface area (Å²) in [4.78, 5) is 75.3. The molecule has 320 valence electrons. The SMILES string of the molecule is CCN(c1cc(-c2ccc(N3CCN(Cc4cc(F)c5c(c4)CN(C4CCC(=O)NC4=O)C5=O)CC3)cc2)cc(C(=O)NCc2c(C)cc(C)[nH]c2=O)c1C)C1CCOCC1. The van der Waals surface area contributed by atoms with Crippen LogP contribution in [0.4, 0.5) is 15.8 Å². The second-order valence-corrected chi connectivity index (χ2v) is 16.7. The Hall–Kier alpha value is -5.86. The first-order valence-corrected chi connectivity index (χ1v) is 21.4. The average Bonchev–Trinajstić information content (AvgIpc) is 3.57. The molecular weight excluding hydrogens is 778 g/mol. The fourth-order valence-electron chi connectivity index (χ4n) is 9.49. The topological polar surface area (TPSA) is 147 Å². The Morgan fingerprint density at radius 2 is 1.66 bits per heavy atom. The largest absolute Gasteiger partial charge is 0.381 e. The first-order valence-electron chi connectivity index (χ1n) is 21.4. The minimum absolute atomic E-state index is 0.0102. The lowest BCUT2D eigenvalue weighted by Gasteiger charge is -2.37. The first-order chi connectivity index (χ1) is 29.4. The summed E-state index contributed by atoms with van der Waals surface area (Å²) in [6.45, 7) is 13.9. The number of aromatic amines is 1. The number of hydrogen-bond acceptors (Lipinski definition) is 9. The van der Waals surface area contributed by atoms with Gasteiger partial charge < -0.3 is 29.7 Å². The number of halogens is 1. The third kappa shape index (κ3) is 8.69. The molecule has 0 radical (unpaired) electrons. The summed E-state index contributed by atoms with van der Waals surface area (Å²) in [5.74, 6) is -2.21. The number of nitrogens with zero attached hydrogens (tertiary/aromatic N) is 4. The van der Waals surface area contributed by atoms with Crippen molar-refractivity contribution in [2.45, 2.75) is 85.1 Å². The molecule has 0 bridgehead atoms. The Balaban J connectivity index is 0.957. The number of imide groups is 1. The van der Waals surface area contributed by atoms with E-state index < -0.39 is 23.7 Å². The van der Waals surface area contributed by atoms with Gasteiger partial charge >= 0.3 is 0 Å². The number of H-pyrrole nitrogens is 1. The fraction of sp³-hybridized carbons (Fsp3) is 0.426. The monoisotopic (exact) mass is 831 g/mol. The van der Waals surface area contributed by atoms with Crippen molar-refractivity contribution in [2.24, 2.45) is 0 Å². The molecular formula is C47H54FN7O6. The molecule has 0 spiro atoms. The minimum atomic E-state index is -0.789. The van der Waals surface area contributed by atoms with Gasteiger partial charge in [0.15, 0.2) is 0 Å². The van der Waals surface area contributed by atoms with Gasteiger partial charge in [-0.2, -0.15) is 0 Å². The van der Waals surface area contributed by atoms with Crippen molar-refractivity contribution in [3.05, 3.63) is 115 Å². The molecule has 3 aromatic carbocycles. The summed E-state index contributed by atoms with van der Waals surface area (Å²) in [6, 6.07) is 17.3. The standard InChI is InChI=1S/C47H54FN7O6/c1-5-54(36-12-18-61-19-13-36)41-24-33(23-37(30(41)4)44(57)49-25-38-28(2)20-29(3)50-45(38)58)32-6-8-35(9-7-32)53-16-14-52(15-17-53)26-31-21-34-27-55(47(60)43(34)39(48)22-31)40-10-11-42(56)51-46(40)59/h6-9,20-24,36,40H,5,10-19,25-27H2,1-4H3,(H,49,57)(H,50,58)(H,51,56,59). The van der Waals surface area contributed by atoms with Gasteiger partial charge in [0.05, 0.1) is 5.56 Å². The summed E-state index contributed by atoms with van der Waals surface area (Å²) in [7, 11) is 0. The van der Waals surface area contributed by atoms with Crippen LogP contribution in [0.3, 0.4) is 0 Å². The number of amides is 4. The Morgan fingerprint density at radius 1 is 0.918 bits per heavy atom. The van der Waals surface area contributed by atoms with Crippen molar-refractivity contribution in [3.63, 3.8) is 0 Å². The number of benzene rings is 3. The Morgan fingerprint density at radius 3 is 2.34 bits per heavy atom. The first kappa shape index (κ1) is 41.9. The maximum Gasteiger partial charge on any atom is 0.258 e. The van der Waals surface area contributed by atoms with E-state index in [0.717, 1.165) is 90.5 Å². The van der Waals surface area contributed by atoms with Gasteiger partial charge in [0.2, 0.25) is 11.8 Å². The molecule has 3 fully saturated rings. The predicted molar refractivity (Wildman–Crippen MR) is 231 cm³/mol. The van der Waals surface area contributed by atoms with Gasteiger partial charge in [-0.25, -0.2) is 4.39 Å². The number of fused-ring (bicyclic) bond motifs is 1. The Kier molecular flexibility index (Phi) is 12.1. The number of ether oxygens (including phenoxy) is 1. The van der Waals surface area contributed by atoms with Crippen LogP contribution >= 0.6 is 0 Å². The molecule has 5 heterocycles. The molecule has 0 aliphatic carbocycles. The number of carbonyl (C=O) groups excluding carboxylic acids is 4. The van der Waals surface area contributed by atoms with Crippen molar-refractivity contribution in [2.75, 3.05) is 55.7 Å². The van der Waals surface area contributed by atoms with E-state index in [-0.39, 0.29) is 48.9 Å². The van der Waals surface area contributed by atoms with E-state index in [1.807, 2.05) is 39.0 Å². The summed E-state index contributed by atoms with van der Waals surface area (Å²) in [5, 5.41) is 5.33. The molecule has 14 heteroatoms. The van der Waals surface area contributed by atoms with Gasteiger partial charge in [-0.15, -0.1) is 0 Å². The lowest BCUT2D eigenvalue weighted by Crippen LogP contribution is -2.52. The van der Waals surface area contributed by atoms with Gasteiger partial charge in [-0.1, -0.05) is 18.2 Å². The zero-order chi connectivity index (χ0) is 42.9. The molecule has 61 heavy (non-hydrogen) atoms. The molecule has 3 saturated heterocycles. The highest BCUT2D eigenvalue weighted by atomic mass is 19.1. The second kappa shape index (κ2) is 17.6. The zero-order valence-corrected chi connectivity index (χ0v) is 35.4. The van der Waals surface area contributed by atoms with E-state index in [0.29, 0.717) is 42.5 Å². The van der Waals surface area contributed by atoms with Crippen LogP contribution in [0.5, 0.6) is 0 Å². The molecule has 4 aliphatic heterocycles. The smallest absolute Gasteiger partial charge is 0.258 e. The van der Waals surface area contributed by atoms with E-state index in [1.165, 1.54) is 11.0 Å². The molecule has 4 aliphatic rings. The average molecular weight is 832 g/mol. The molecule has 4 aromatic rings. The van der Waals surface area contributed by atoms with Crippen molar-refractivity contribution in [3.8, 4) is 11.1 Å². The number of aromatic nitrogens is 1. The van der Waals surface area contributed by atoms with Crippen LogP contribution in [0, 0.1) is 26.6 Å². The zero-order valence-electron chi connectivity index (χ0n) is 35.4. The number of nitrogens with one attached hydrogen (secondary N) is 3. The molecule has 1 aromatic heterocycles. The van der Waals surface area contributed by atoms with Crippen molar-refractivity contribution in [1.82, 2.24) is 25.4 Å². The highest BCUT2D eigenvalue weighted by Gasteiger charge is 2.40. The summed E-state index contributed by atoms with van der Waals surface area (Å²) in [6.07, 6.45) is 2.19. The third-order valence-corrected chi connectivity index (χ3v) is 12.8. The Bertz CT molecular complexity index is 2420. The lowest BCUT2D eigenvalue weighted by molar-refractivity contribution is -0.136. The molecule has 3 N–H and O–H groups in total. The number of rotatable bonds is 11. The van der Waals surface area contributed by atoms with Crippen LogP contribution in [0.15, 0.2) is 59.4 Å². The Labute approximate surface area is 355 Å². The highest BCUT2D eigenvalue weighted by molar-refractivity contribution is 6.05. The van der Waals surface area contributed by atoms with Crippen molar-refractivity contribution in [1.29, 1.82) is 0 Å². The van der Waals surface area contributed by atoms with Gasteiger partial charge in [-0.3, -0.25) is 34.2 Å². The van der Waals surface area contributed by atoms with Crippen LogP contribution in [0.1, 0.15) is 86.8 Å². The molecule has 8 rings (SSSR count). The lowest BCUT2D eigenvalue weighted by atomic mass is 9.95. The number of aryl methyl sites for hydroxylation is 2. The van der Waals surface area contributed by atoms with Crippen LogP contribution in [-0.4, -0.2) is 96.4 Å². The van der Waals surface area contributed by atoms with E-state index in [1.54, 1.807) is 0 Å². The summed E-state index contributed by atoms with van der Waals surface area (Å²) in [5.41, 5.74) is 8.78. The van der Waals surface area contributed by atoms with Gasteiger partial charge in [0.1, 0.15) is 11.9 Å². The van der Waals surface area contributed by atoms with Crippen molar-refractivity contribution >= 4 is 35.0 Å². The number of carbonyl (C=O) groups is 4. The number of pyridine rings is 1. The fourth-order valence-corrected chi connectivity index (χ4v) is 9.49. The summed E-state index contributed by atoms with van der Waals surface area (Å²) < 4.78 is 21.1. The molecule has 4 amide bonds. The maximum absolute atomic E-state index is 15.4.